The summed E-state index contributed by atoms with van der Waals surface area (Å²) in [6.07, 6.45) is 6.61. The molecule has 3 heterocycles. The summed E-state index contributed by atoms with van der Waals surface area (Å²) in [5.74, 6) is 1.17. The Morgan fingerprint density at radius 3 is 2.70 bits per heavy atom. The average molecular weight is 409 g/mol. The lowest BCUT2D eigenvalue weighted by molar-refractivity contribution is -0.384. The second-order valence-corrected chi connectivity index (χ2v) is 7.39. The van der Waals surface area contributed by atoms with Crippen LogP contribution in [-0.4, -0.2) is 48.1 Å². The molecule has 1 aliphatic heterocycles. The number of aromatic nitrogens is 5. The van der Waals surface area contributed by atoms with Gasteiger partial charge in [-0.15, -0.1) is 10.2 Å². The van der Waals surface area contributed by atoms with E-state index in [-0.39, 0.29) is 28.8 Å². The maximum Gasteiger partial charge on any atom is 0.293 e. The molecule has 2 aromatic heterocycles. The van der Waals surface area contributed by atoms with Crippen LogP contribution >= 0.6 is 0 Å². The number of nitrogens with zero attached hydrogens (tertiary/aromatic N) is 7. The molecule has 0 amide bonds. The third kappa shape index (κ3) is 3.56. The number of imidazole rings is 1. The molecule has 10 nitrogen and oxygen atoms in total. The predicted molar refractivity (Wildman–Crippen MR) is 110 cm³/mol. The lowest BCUT2D eigenvalue weighted by atomic mass is 9.95. The van der Waals surface area contributed by atoms with Crippen LogP contribution in [0.1, 0.15) is 47.7 Å². The minimum atomic E-state index is -0.426. The minimum Gasteiger partial charge on any atom is -0.366 e. The summed E-state index contributed by atoms with van der Waals surface area (Å²) in [5.41, 5.74) is 0.725. The van der Waals surface area contributed by atoms with Gasteiger partial charge in [-0.1, -0.05) is 0 Å². The predicted octanol–water partition coefficient (Wildman–Crippen LogP) is 2.55. The van der Waals surface area contributed by atoms with Crippen molar-refractivity contribution in [2.75, 3.05) is 18.0 Å². The van der Waals surface area contributed by atoms with Crippen molar-refractivity contribution in [3.05, 3.63) is 64.2 Å². The van der Waals surface area contributed by atoms with Crippen LogP contribution in [0.2, 0.25) is 0 Å². The van der Waals surface area contributed by atoms with Crippen molar-refractivity contribution in [2.45, 2.75) is 32.2 Å². The first-order valence-corrected chi connectivity index (χ1v) is 9.92. The van der Waals surface area contributed by atoms with Crippen LogP contribution in [0, 0.1) is 10.1 Å². The summed E-state index contributed by atoms with van der Waals surface area (Å²) in [6.45, 7) is 4.22. The summed E-state index contributed by atoms with van der Waals surface area (Å²) in [4.78, 5) is 30.1. The van der Waals surface area contributed by atoms with Gasteiger partial charge in [0.05, 0.1) is 4.92 Å². The lowest BCUT2D eigenvalue weighted by Gasteiger charge is -2.33. The molecule has 1 aliphatic rings. The van der Waals surface area contributed by atoms with E-state index < -0.39 is 4.92 Å². The van der Waals surface area contributed by atoms with Crippen LogP contribution in [0.3, 0.4) is 0 Å². The van der Waals surface area contributed by atoms with E-state index >= 15 is 0 Å². The van der Waals surface area contributed by atoms with Gasteiger partial charge >= 0.3 is 0 Å². The third-order valence-electron chi connectivity index (χ3n) is 5.65. The number of ketones is 1. The van der Waals surface area contributed by atoms with Gasteiger partial charge in [0.1, 0.15) is 17.8 Å². The first-order chi connectivity index (χ1) is 14.5. The van der Waals surface area contributed by atoms with Gasteiger partial charge in [0, 0.05) is 56.6 Å². The van der Waals surface area contributed by atoms with Gasteiger partial charge in [-0.25, -0.2) is 4.98 Å². The molecule has 156 valence electrons. The van der Waals surface area contributed by atoms with Crippen LogP contribution in [0.4, 0.5) is 11.4 Å². The normalized spacial score (nSPS) is 14.8. The molecule has 10 heteroatoms. The van der Waals surface area contributed by atoms with Crippen molar-refractivity contribution in [1.29, 1.82) is 0 Å². The minimum absolute atomic E-state index is 0.0646. The van der Waals surface area contributed by atoms with E-state index in [0.717, 1.165) is 25.2 Å². The Balaban J connectivity index is 1.55. The number of rotatable bonds is 6. The second kappa shape index (κ2) is 8.05. The fourth-order valence-corrected chi connectivity index (χ4v) is 3.99. The number of carbonyl (C=O) groups excluding carboxylic acids is 1. The molecular weight excluding hydrogens is 386 g/mol. The Hall–Kier alpha value is -3.56. The highest BCUT2D eigenvalue weighted by atomic mass is 16.6. The Morgan fingerprint density at radius 1 is 1.30 bits per heavy atom. The first kappa shape index (κ1) is 19.7. The topological polar surface area (TPSA) is 112 Å². The number of nitro benzene ring substituents is 1. The monoisotopic (exact) mass is 409 g/mol. The number of anilines is 1. The molecular formula is C20H23N7O3. The van der Waals surface area contributed by atoms with Crippen molar-refractivity contribution < 1.29 is 9.72 Å². The third-order valence-corrected chi connectivity index (χ3v) is 5.65. The van der Waals surface area contributed by atoms with Crippen molar-refractivity contribution in [3.8, 4) is 0 Å². The zero-order valence-electron chi connectivity index (χ0n) is 16.9. The zero-order valence-corrected chi connectivity index (χ0v) is 16.9. The molecule has 0 atom stereocenters. The van der Waals surface area contributed by atoms with Crippen LogP contribution in [0.5, 0.6) is 0 Å². The number of benzene rings is 1. The molecule has 0 N–H and O–H groups in total. The van der Waals surface area contributed by atoms with E-state index in [1.54, 1.807) is 36.3 Å². The molecule has 4 rings (SSSR count). The van der Waals surface area contributed by atoms with Crippen molar-refractivity contribution in [2.24, 2.45) is 7.05 Å². The van der Waals surface area contributed by atoms with E-state index in [1.807, 2.05) is 9.47 Å². The molecule has 1 aromatic carbocycles. The summed E-state index contributed by atoms with van der Waals surface area (Å²) >= 11 is 0. The molecule has 0 unspecified atom stereocenters. The summed E-state index contributed by atoms with van der Waals surface area (Å²) in [6, 6.07) is 4.66. The number of carbonyl (C=O) groups is 1. The highest BCUT2D eigenvalue weighted by molar-refractivity contribution is 6.07. The fourth-order valence-electron chi connectivity index (χ4n) is 3.99. The van der Waals surface area contributed by atoms with Crippen LogP contribution in [0.15, 0.2) is 36.9 Å². The molecule has 0 aliphatic carbocycles. The summed E-state index contributed by atoms with van der Waals surface area (Å²) in [7, 11) is 1.71. The Morgan fingerprint density at radius 2 is 2.07 bits per heavy atom. The Kier molecular flexibility index (Phi) is 5.30. The SMILES string of the molecule is CCn1cnnc1C1CCN(c2ccc(C(=O)c3nccn3C)cc2[N+](=O)[O-])CC1. The Labute approximate surface area is 173 Å². The summed E-state index contributed by atoms with van der Waals surface area (Å²) in [5, 5.41) is 20.0. The van der Waals surface area contributed by atoms with Crippen molar-refractivity contribution in [3.63, 3.8) is 0 Å². The highest BCUT2D eigenvalue weighted by Crippen LogP contribution is 2.35. The maximum atomic E-state index is 12.7. The zero-order chi connectivity index (χ0) is 21.3. The smallest absolute Gasteiger partial charge is 0.293 e. The van der Waals surface area contributed by atoms with Gasteiger partial charge < -0.3 is 14.0 Å². The molecule has 1 fully saturated rings. The Bertz CT molecular complexity index is 1080. The highest BCUT2D eigenvalue weighted by Gasteiger charge is 2.29. The lowest BCUT2D eigenvalue weighted by Crippen LogP contribution is -2.34. The summed E-state index contributed by atoms with van der Waals surface area (Å²) < 4.78 is 3.64. The van der Waals surface area contributed by atoms with Gasteiger partial charge in [-0.05, 0) is 31.9 Å². The van der Waals surface area contributed by atoms with E-state index in [0.29, 0.717) is 18.8 Å². The van der Waals surface area contributed by atoms with Gasteiger partial charge in [0.2, 0.25) is 5.78 Å². The van der Waals surface area contributed by atoms with Gasteiger partial charge in [-0.2, -0.15) is 0 Å². The average Bonchev–Trinajstić information content (AvgIpc) is 3.41. The molecule has 0 saturated carbocycles. The molecule has 3 aromatic rings. The van der Waals surface area contributed by atoms with Gasteiger partial charge in [0.15, 0.2) is 5.82 Å². The van der Waals surface area contributed by atoms with E-state index in [4.69, 9.17) is 0 Å². The van der Waals surface area contributed by atoms with Crippen LogP contribution in [0.25, 0.3) is 0 Å². The molecule has 0 radical (unpaired) electrons. The molecule has 0 bridgehead atoms. The number of hydrogen-bond donors (Lipinski definition) is 0. The van der Waals surface area contributed by atoms with Crippen molar-refractivity contribution >= 4 is 17.2 Å². The molecule has 0 spiro atoms. The second-order valence-electron chi connectivity index (χ2n) is 7.39. The number of piperidine rings is 1. The quantitative estimate of drug-likeness (QED) is 0.349. The standard InChI is InChI=1S/C20H23N7O3/c1-3-25-13-22-23-19(25)14-6-9-26(10-7-14)16-5-4-15(12-17(16)27(29)30)18(28)20-21-8-11-24(20)2/h4-5,8,11-14H,3,6-7,9-10H2,1-2H3. The first-order valence-electron chi connectivity index (χ1n) is 9.92. The van der Waals surface area contributed by atoms with Gasteiger partial charge in [0.25, 0.3) is 5.69 Å². The number of hydrogen-bond acceptors (Lipinski definition) is 7. The van der Waals surface area contributed by atoms with E-state index in [9.17, 15) is 14.9 Å². The van der Waals surface area contributed by atoms with E-state index in [1.165, 1.54) is 12.3 Å². The van der Waals surface area contributed by atoms with Crippen molar-refractivity contribution in [1.82, 2.24) is 24.3 Å². The van der Waals surface area contributed by atoms with E-state index in [2.05, 4.69) is 22.1 Å². The molecule has 30 heavy (non-hydrogen) atoms. The molecule has 1 saturated heterocycles. The fraction of sp³-hybridized carbons (Fsp3) is 0.400. The maximum absolute atomic E-state index is 12.7. The number of aryl methyl sites for hydroxylation is 2. The largest absolute Gasteiger partial charge is 0.366 e. The number of nitro groups is 1. The van der Waals surface area contributed by atoms with Crippen LogP contribution < -0.4 is 4.90 Å². The van der Waals surface area contributed by atoms with Crippen LogP contribution in [-0.2, 0) is 13.6 Å². The van der Waals surface area contributed by atoms with Gasteiger partial charge in [-0.3, -0.25) is 14.9 Å².